The number of carboxylic acid groups (broad SMARTS) is 1. The quantitative estimate of drug-likeness (QED) is 0.542. The van der Waals surface area contributed by atoms with E-state index < -0.39 is 11.6 Å². The Morgan fingerprint density at radius 1 is 1.64 bits per heavy atom. The molecule has 2 saturated heterocycles. The fourth-order valence-corrected chi connectivity index (χ4v) is 2.33. The lowest BCUT2D eigenvalue weighted by atomic mass is 9.96. The highest BCUT2D eigenvalue weighted by Gasteiger charge is 2.75. The lowest BCUT2D eigenvalue weighted by Gasteiger charge is -2.12. The van der Waals surface area contributed by atoms with Gasteiger partial charge >= 0.3 is 5.97 Å². The summed E-state index contributed by atoms with van der Waals surface area (Å²) < 4.78 is 10.5. The molecular weight excluding hydrogens is 148 g/mol. The number of epoxide rings is 1. The predicted octanol–water partition coefficient (Wildman–Crippen LogP) is -0.0251. The molecule has 4 nitrogen and oxygen atoms in total. The first-order chi connectivity index (χ1) is 5.22. The molecule has 2 aliphatic heterocycles. The molecule has 60 valence electrons. The number of aliphatic carboxylic acids is 1. The summed E-state index contributed by atoms with van der Waals surface area (Å²) in [5.41, 5.74) is -0.406. The van der Waals surface area contributed by atoms with E-state index in [1.54, 1.807) is 0 Å². The van der Waals surface area contributed by atoms with Crippen molar-refractivity contribution in [1.82, 2.24) is 0 Å². The van der Waals surface area contributed by atoms with Gasteiger partial charge in [0.1, 0.15) is 5.60 Å². The molecule has 0 aromatic carbocycles. The van der Waals surface area contributed by atoms with Crippen LogP contribution in [0.15, 0.2) is 0 Å². The van der Waals surface area contributed by atoms with E-state index in [0.29, 0.717) is 6.42 Å². The van der Waals surface area contributed by atoms with Gasteiger partial charge in [0.25, 0.3) is 0 Å². The van der Waals surface area contributed by atoms with Gasteiger partial charge in [0, 0.05) is 6.42 Å². The van der Waals surface area contributed by atoms with Crippen molar-refractivity contribution < 1.29 is 19.4 Å². The number of rotatable bonds is 1. The van der Waals surface area contributed by atoms with Gasteiger partial charge < -0.3 is 14.6 Å². The minimum atomic E-state index is -0.738. The second-order valence-electron chi connectivity index (χ2n) is 3.49. The molecule has 4 atom stereocenters. The van der Waals surface area contributed by atoms with Crippen molar-refractivity contribution in [3.05, 3.63) is 0 Å². The smallest absolute Gasteiger partial charge is 0.309 e. The largest absolute Gasteiger partial charge is 0.481 e. The number of ether oxygens (including phenoxy) is 2. The third-order valence-corrected chi connectivity index (χ3v) is 2.92. The van der Waals surface area contributed by atoms with Gasteiger partial charge in [0.15, 0.2) is 6.29 Å². The van der Waals surface area contributed by atoms with E-state index >= 15 is 0 Å². The summed E-state index contributed by atoms with van der Waals surface area (Å²) in [6.07, 6.45) is 1.37. The van der Waals surface area contributed by atoms with Crippen LogP contribution in [0, 0.1) is 5.92 Å². The number of carbonyl (C=O) groups is 1. The monoisotopic (exact) mass is 156 g/mol. The maximum absolute atomic E-state index is 10.7. The molecule has 3 fully saturated rings. The third kappa shape index (κ3) is 0.520. The Bertz CT molecular complexity index is 239. The number of carboxylic acids is 1. The van der Waals surface area contributed by atoms with Crippen LogP contribution in [-0.2, 0) is 14.3 Å². The van der Waals surface area contributed by atoms with Crippen molar-refractivity contribution in [2.45, 2.75) is 30.8 Å². The lowest BCUT2D eigenvalue weighted by molar-refractivity contribution is -0.144. The van der Waals surface area contributed by atoms with E-state index in [1.165, 1.54) is 0 Å². The zero-order chi connectivity index (χ0) is 7.64. The average Bonchev–Trinajstić information content (AvgIpc) is 2.34. The summed E-state index contributed by atoms with van der Waals surface area (Å²) in [4.78, 5) is 10.7. The zero-order valence-electron chi connectivity index (χ0n) is 5.82. The van der Waals surface area contributed by atoms with Gasteiger partial charge in [-0.05, 0) is 6.42 Å². The SMILES string of the molecule is O=C(O)[C@@H]1C[C@@H]2CC13OC3O2. The molecule has 0 aromatic rings. The van der Waals surface area contributed by atoms with E-state index in [2.05, 4.69) is 0 Å². The summed E-state index contributed by atoms with van der Waals surface area (Å²) in [5, 5.41) is 8.79. The van der Waals surface area contributed by atoms with Crippen LogP contribution in [0.3, 0.4) is 0 Å². The van der Waals surface area contributed by atoms with Gasteiger partial charge in [0.05, 0.1) is 12.0 Å². The molecule has 1 saturated carbocycles. The Morgan fingerprint density at radius 3 is 2.91 bits per heavy atom. The maximum atomic E-state index is 10.7. The lowest BCUT2D eigenvalue weighted by Crippen LogP contribution is -2.29. The molecule has 11 heavy (non-hydrogen) atoms. The summed E-state index contributed by atoms with van der Waals surface area (Å²) in [5.74, 6) is -1.05. The van der Waals surface area contributed by atoms with Crippen LogP contribution in [0.4, 0.5) is 0 Å². The normalized spacial score (nSPS) is 57.6. The van der Waals surface area contributed by atoms with E-state index in [4.69, 9.17) is 14.6 Å². The van der Waals surface area contributed by atoms with Gasteiger partial charge in [-0.25, -0.2) is 0 Å². The molecule has 0 amide bonds. The fraction of sp³-hybridized carbons (Fsp3) is 0.857. The molecule has 1 aliphatic carbocycles. The van der Waals surface area contributed by atoms with E-state index in [-0.39, 0.29) is 18.3 Å². The van der Waals surface area contributed by atoms with Gasteiger partial charge in [-0.1, -0.05) is 0 Å². The number of hydrogen-bond acceptors (Lipinski definition) is 3. The number of hydrogen-bond donors (Lipinski definition) is 1. The molecule has 1 N–H and O–H groups in total. The van der Waals surface area contributed by atoms with Crippen molar-refractivity contribution in [2.75, 3.05) is 0 Å². The van der Waals surface area contributed by atoms with E-state index in [1.807, 2.05) is 0 Å². The van der Waals surface area contributed by atoms with E-state index in [0.717, 1.165) is 6.42 Å². The van der Waals surface area contributed by atoms with Crippen LogP contribution < -0.4 is 0 Å². The molecule has 3 rings (SSSR count). The standard InChI is InChI=1S/C7H8O4/c8-5(9)4-1-3-2-7(4)6(10-3)11-7/h3-4,6H,1-2H2,(H,8,9)/t3-,4+,6?,7?/m1/s1. The molecular formula is C7H8O4. The molecule has 0 radical (unpaired) electrons. The minimum absolute atomic E-state index is 0.148. The molecule has 2 unspecified atom stereocenters. The van der Waals surface area contributed by atoms with Crippen LogP contribution in [0.1, 0.15) is 12.8 Å². The summed E-state index contributed by atoms with van der Waals surface area (Å²) in [6, 6.07) is 0. The van der Waals surface area contributed by atoms with Crippen molar-refractivity contribution in [3.8, 4) is 0 Å². The van der Waals surface area contributed by atoms with Crippen LogP contribution in [0.2, 0.25) is 0 Å². The Hall–Kier alpha value is -0.610. The second-order valence-corrected chi connectivity index (χ2v) is 3.49. The van der Waals surface area contributed by atoms with Crippen molar-refractivity contribution in [3.63, 3.8) is 0 Å². The first kappa shape index (κ1) is 5.97. The Labute approximate surface area is 63.1 Å². The Balaban J connectivity index is 1.95. The van der Waals surface area contributed by atoms with Crippen LogP contribution >= 0.6 is 0 Å². The van der Waals surface area contributed by atoms with Crippen molar-refractivity contribution >= 4 is 5.97 Å². The first-order valence-corrected chi connectivity index (χ1v) is 3.78. The minimum Gasteiger partial charge on any atom is -0.481 e. The van der Waals surface area contributed by atoms with Crippen LogP contribution in [0.5, 0.6) is 0 Å². The van der Waals surface area contributed by atoms with Gasteiger partial charge in [-0.15, -0.1) is 0 Å². The third-order valence-electron chi connectivity index (χ3n) is 2.92. The summed E-state index contributed by atoms with van der Waals surface area (Å²) in [6.45, 7) is 0. The van der Waals surface area contributed by atoms with Gasteiger partial charge in [0.2, 0.25) is 0 Å². The van der Waals surface area contributed by atoms with E-state index in [9.17, 15) is 4.79 Å². The molecule has 4 heteroatoms. The zero-order valence-corrected chi connectivity index (χ0v) is 5.82. The molecule has 2 bridgehead atoms. The first-order valence-electron chi connectivity index (χ1n) is 3.78. The summed E-state index contributed by atoms with van der Waals surface area (Å²) in [7, 11) is 0. The Kier molecular flexibility index (Phi) is 0.784. The maximum Gasteiger partial charge on any atom is 0.309 e. The second kappa shape index (κ2) is 1.44. The van der Waals surface area contributed by atoms with Crippen LogP contribution in [-0.4, -0.2) is 29.1 Å². The van der Waals surface area contributed by atoms with Gasteiger partial charge in [-0.2, -0.15) is 0 Å². The highest BCUT2D eigenvalue weighted by atomic mass is 16.8. The van der Waals surface area contributed by atoms with Gasteiger partial charge in [-0.3, -0.25) is 4.79 Å². The topological polar surface area (TPSA) is 59.1 Å². The fourth-order valence-electron chi connectivity index (χ4n) is 2.33. The predicted molar refractivity (Wildman–Crippen MR) is 32.8 cm³/mol. The average molecular weight is 156 g/mol. The highest BCUT2D eigenvalue weighted by Crippen LogP contribution is 2.61. The summed E-state index contributed by atoms with van der Waals surface area (Å²) >= 11 is 0. The van der Waals surface area contributed by atoms with Crippen molar-refractivity contribution in [2.24, 2.45) is 5.92 Å². The van der Waals surface area contributed by atoms with Crippen molar-refractivity contribution in [1.29, 1.82) is 0 Å². The molecule has 0 aromatic heterocycles. The molecule has 2 heterocycles. The molecule has 3 aliphatic rings. The van der Waals surface area contributed by atoms with Crippen LogP contribution in [0.25, 0.3) is 0 Å². The Morgan fingerprint density at radius 2 is 2.45 bits per heavy atom. The number of fused-ring (bicyclic) bond motifs is 1. The molecule has 1 spiro atoms. The highest BCUT2D eigenvalue weighted by molar-refractivity contribution is 5.73.